The lowest BCUT2D eigenvalue weighted by Crippen LogP contribution is -2.24. The second kappa shape index (κ2) is 12.0. The number of hydrogen-bond donors (Lipinski definition) is 2. The van der Waals surface area contributed by atoms with Gasteiger partial charge in [0.25, 0.3) is 5.91 Å². The van der Waals surface area contributed by atoms with Gasteiger partial charge in [0.15, 0.2) is 0 Å². The molecule has 0 spiro atoms. The van der Waals surface area contributed by atoms with Crippen molar-refractivity contribution in [1.82, 2.24) is 5.32 Å². The average molecular weight is 434 g/mol. The molecule has 4 heteroatoms. The Kier molecular flexibility index (Phi) is 9.68. The van der Waals surface area contributed by atoms with Crippen LogP contribution in [-0.4, -0.2) is 17.6 Å². The average Bonchev–Trinajstić information content (AvgIpc) is 2.68. The van der Waals surface area contributed by atoms with Gasteiger partial charge in [0.1, 0.15) is 5.75 Å². The monoisotopic (exact) mass is 433 g/mol. The first kappa shape index (κ1) is 21.7. The van der Waals surface area contributed by atoms with E-state index in [9.17, 15) is 9.90 Å². The van der Waals surface area contributed by atoms with E-state index < -0.39 is 0 Å². The first-order chi connectivity index (χ1) is 13.1. The number of phenols is 1. The Hall–Kier alpha value is -1.55. The van der Waals surface area contributed by atoms with Crippen LogP contribution in [0.2, 0.25) is 0 Å². The highest BCUT2D eigenvalue weighted by Gasteiger charge is 2.15. The standard InChI is InChI=1S/C23H32BrNO2/c1-2-3-4-5-6-7-8-9-10-13-16-25-23(27)20-17-21(24)18-14-11-12-15-19(18)22(20)26/h11-12,14-15,17,26H,2-10,13,16H2,1H3,(H,25,27). The number of rotatable bonds is 12. The Balaban J connectivity index is 1.68. The molecule has 2 aromatic rings. The molecule has 27 heavy (non-hydrogen) atoms. The van der Waals surface area contributed by atoms with Gasteiger partial charge in [-0.1, -0.05) is 105 Å². The second-order valence-corrected chi connectivity index (χ2v) is 8.09. The molecule has 148 valence electrons. The van der Waals surface area contributed by atoms with E-state index in [0.29, 0.717) is 17.5 Å². The van der Waals surface area contributed by atoms with Crippen molar-refractivity contribution in [3.63, 3.8) is 0 Å². The highest BCUT2D eigenvalue weighted by Crippen LogP contribution is 2.34. The van der Waals surface area contributed by atoms with Crippen molar-refractivity contribution in [2.24, 2.45) is 0 Å². The molecule has 1 amide bonds. The normalized spacial score (nSPS) is 11.0. The maximum absolute atomic E-state index is 12.4. The summed E-state index contributed by atoms with van der Waals surface area (Å²) in [7, 11) is 0. The number of amides is 1. The van der Waals surface area contributed by atoms with E-state index >= 15 is 0 Å². The summed E-state index contributed by atoms with van der Waals surface area (Å²) >= 11 is 3.50. The minimum Gasteiger partial charge on any atom is -0.506 e. The third-order valence-electron chi connectivity index (χ3n) is 5.03. The molecule has 0 heterocycles. The number of unbranched alkanes of at least 4 members (excludes halogenated alkanes) is 9. The molecule has 0 radical (unpaired) electrons. The highest BCUT2D eigenvalue weighted by atomic mass is 79.9. The van der Waals surface area contributed by atoms with E-state index in [4.69, 9.17) is 0 Å². The molecule has 0 unspecified atom stereocenters. The number of carbonyl (C=O) groups excluding carboxylic acids is 1. The van der Waals surface area contributed by atoms with Gasteiger partial charge in [0.2, 0.25) is 0 Å². The van der Waals surface area contributed by atoms with E-state index in [1.165, 1.54) is 51.4 Å². The molecule has 0 aliphatic carbocycles. The fraction of sp³-hybridized carbons (Fsp3) is 0.522. The summed E-state index contributed by atoms with van der Waals surface area (Å²) < 4.78 is 0.819. The first-order valence-corrected chi connectivity index (χ1v) is 11.1. The lowest BCUT2D eigenvalue weighted by molar-refractivity contribution is 0.0950. The van der Waals surface area contributed by atoms with Gasteiger partial charge >= 0.3 is 0 Å². The predicted molar refractivity (Wildman–Crippen MR) is 117 cm³/mol. The Labute approximate surface area is 171 Å². The van der Waals surface area contributed by atoms with Crippen LogP contribution in [0.5, 0.6) is 5.75 Å². The molecule has 0 atom stereocenters. The van der Waals surface area contributed by atoms with Gasteiger partial charge in [-0.3, -0.25) is 4.79 Å². The van der Waals surface area contributed by atoms with Crippen LogP contribution in [0.1, 0.15) is 81.5 Å². The van der Waals surface area contributed by atoms with Gasteiger partial charge in [-0.2, -0.15) is 0 Å². The van der Waals surface area contributed by atoms with Crippen LogP contribution in [0, 0.1) is 0 Å². The molecule has 3 nitrogen and oxygen atoms in total. The molecule has 0 aliphatic rings. The minimum absolute atomic E-state index is 0.0503. The van der Waals surface area contributed by atoms with Gasteiger partial charge < -0.3 is 10.4 Å². The van der Waals surface area contributed by atoms with Gasteiger partial charge in [0, 0.05) is 16.4 Å². The molecule has 2 N–H and O–H groups in total. The summed E-state index contributed by atoms with van der Waals surface area (Å²) in [5, 5.41) is 15.0. The molecule has 0 aliphatic heterocycles. The molecule has 0 aromatic heterocycles. The number of benzene rings is 2. The number of nitrogens with one attached hydrogen (secondary N) is 1. The summed E-state index contributed by atoms with van der Waals surface area (Å²) in [6.45, 7) is 2.90. The first-order valence-electron chi connectivity index (χ1n) is 10.3. The van der Waals surface area contributed by atoms with Crippen molar-refractivity contribution in [2.75, 3.05) is 6.54 Å². The molecule has 0 saturated heterocycles. The topological polar surface area (TPSA) is 49.3 Å². The van der Waals surface area contributed by atoms with Crippen molar-refractivity contribution in [1.29, 1.82) is 0 Å². The third-order valence-corrected chi connectivity index (χ3v) is 5.68. The Morgan fingerprint density at radius 3 is 2.11 bits per heavy atom. The summed E-state index contributed by atoms with van der Waals surface area (Å²) in [5.41, 5.74) is 0.327. The Morgan fingerprint density at radius 1 is 0.926 bits per heavy atom. The number of halogens is 1. The zero-order valence-electron chi connectivity index (χ0n) is 16.4. The molecule has 0 bridgehead atoms. The Bertz CT molecular complexity index is 730. The SMILES string of the molecule is CCCCCCCCCCCCNC(=O)c1cc(Br)c2ccccc2c1O. The van der Waals surface area contributed by atoms with E-state index in [1.807, 2.05) is 24.3 Å². The van der Waals surface area contributed by atoms with Crippen molar-refractivity contribution in [2.45, 2.75) is 71.1 Å². The zero-order valence-corrected chi connectivity index (χ0v) is 18.0. The molecule has 0 saturated carbocycles. The molecule has 2 rings (SSSR count). The number of phenolic OH excluding ortho intramolecular Hbond substituents is 1. The van der Waals surface area contributed by atoms with Crippen LogP contribution in [0.15, 0.2) is 34.8 Å². The van der Waals surface area contributed by atoms with E-state index in [1.54, 1.807) is 6.07 Å². The van der Waals surface area contributed by atoms with Crippen LogP contribution in [-0.2, 0) is 0 Å². The summed E-state index contributed by atoms with van der Waals surface area (Å²) in [6.07, 6.45) is 12.7. The molecular weight excluding hydrogens is 402 g/mol. The van der Waals surface area contributed by atoms with Crippen LogP contribution in [0.3, 0.4) is 0 Å². The maximum atomic E-state index is 12.4. The fourth-order valence-corrected chi connectivity index (χ4v) is 3.97. The fourth-order valence-electron chi connectivity index (χ4n) is 3.40. The third kappa shape index (κ3) is 6.84. The summed E-state index contributed by atoms with van der Waals surface area (Å²) in [5.74, 6) is -0.163. The zero-order chi connectivity index (χ0) is 19.5. The predicted octanol–water partition coefficient (Wildman–Crippen LogP) is 6.96. The quantitative estimate of drug-likeness (QED) is 0.355. The number of carbonyl (C=O) groups is 1. The van der Waals surface area contributed by atoms with Crippen molar-refractivity contribution >= 4 is 32.6 Å². The maximum Gasteiger partial charge on any atom is 0.255 e. The van der Waals surface area contributed by atoms with Gasteiger partial charge in [0.05, 0.1) is 5.56 Å². The minimum atomic E-state index is -0.213. The van der Waals surface area contributed by atoms with Crippen LogP contribution in [0.25, 0.3) is 10.8 Å². The lowest BCUT2D eigenvalue weighted by atomic mass is 10.0. The largest absolute Gasteiger partial charge is 0.506 e. The highest BCUT2D eigenvalue weighted by molar-refractivity contribution is 9.10. The Morgan fingerprint density at radius 2 is 1.48 bits per heavy atom. The van der Waals surface area contributed by atoms with Crippen LogP contribution in [0.4, 0.5) is 0 Å². The van der Waals surface area contributed by atoms with Gasteiger partial charge in [-0.05, 0) is 17.9 Å². The summed E-state index contributed by atoms with van der Waals surface area (Å²) in [6, 6.07) is 9.22. The lowest BCUT2D eigenvalue weighted by Gasteiger charge is -2.10. The molecule has 2 aromatic carbocycles. The van der Waals surface area contributed by atoms with E-state index in [0.717, 1.165) is 22.7 Å². The summed E-state index contributed by atoms with van der Waals surface area (Å²) in [4.78, 5) is 12.4. The number of aromatic hydroxyl groups is 1. The smallest absolute Gasteiger partial charge is 0.255 e. The van der Waals surface area contributed by atoms with Crippen molar-refractivity contribution in [3.8, 4) is 5.75 Å². The number of fused-ring (bicyclic) bond motifs is 1. The van der Waals surface area contributed by atoms with E-state index in [-0.39, 0.29) is 11.7 Å². The van der Waals surface area contributed by atoms with Crippen LogP contribution >= 0.6 is 15.9 Å². The molecular formula is C23H32BrNO2. The second-order valence-electron chi connectivity index (χ2n) is 7.24. The van der Waals surface area contributed by atoms with Crippen molar-refractivity contribution in [3.05, 3.63) is 40.4 Å². The van der Waals surface area contributed by atoms with Gasteiger partial charge in [-0.15, -0.1) is 0 Å². The molecule has 0 fully saturated rings. The van der Waals surface area contributed by atoms with Crippen LogP contribution < -0.4 is 5.32 Å². The van der Waals surface area contributed by atoms with Gasteiger partial charge in [-0.25, -0.2) is 0 Å². The number of hydrogen-bond acceptors (Lipinski definition) is 2. The van der Waals surface area contributed by atoms with E-state index in [2.05, 4.69) is 28.2 Å². The van der Waals surface area contributed by atoms with Crippen molar-refractivity contribution < 1.29 is 9.90 Å².